The van der Waals surface area contributed by atoms with E-state index in [0.29, 0.717) is 0 Å². The minimum absolute atomic E-state index is 0. The first kappa shape index (κ1) is 13.0. The largest absolute Gasteiger partial charge is 2.00 e. The van der Waals surface area contributed by atoms with Gasteiger partial charge in [-0.15, -0.1) is 0 Å². The molecule has 0 bridgehead atoms. The molecule has 0 unspecified atom stereocenters. The summed E-state index contributed by atoms with van der Waals surface area (Å²) in [6.45, 7) is 4.21. The molecule has 68 valence electrons. The molecule has 0 nitrogen and oxygen atoms in total. The molecular formula is C11H15ClMg. The first-order chi connectivity index (χ1) is 5.68. The van der Waals surface area contributed by atoms with Crippen molar-refractivity contribution < 1.29 is 2.85 Å². The van der Waals surface area contributed by atoms with E-state index in [1.54, 1.807) is 0 Å². The van der Waals surface area contributed by atoms with E-state index in [1.165, 1.54) is 11.1 Å². The van der Waals surface area contributed by atoms with Crippen LogP contribution in [0.3, 0.4) is 0 Å². The van der Waals surface area contributed by atoms with Crippen LogP contribution in [0.25, 0.3) is 0 Å². The first-order valence-corrected chi connectivity index (χ1v) is 4.44. The smallest absolute Gasteiger partial charge is 1.00 e. The molecule has 0 saturated carbocycles. The molecule has 0 saturated heterocycles. The zero-order chi connectivity index (χ0) is 8.97. The Morgan fingerprint density at radius 3 is 2.31 bits per heavy atom. The van der Waals surface area contributed by atoms with Gasteiger partial charge in [0.2, 0.25) is 0 Å². The third-order valence-corrected chi connectivity index (χ3v) is 1.91. The fourth-order valence-corrected chi connectivity index (χ4v) is 1.07. The Balaban J connectivity index is -0.000000480. The third kappa shape index (κ3) is 5.35. The Morgan fingerprint density at radius 1 is 1.31 bits per heavy atom. The molecule has 13 heavy (non-hydrogen) atoms. The van der Waals surface area contributed by atoms with E-state index in [0.717, 1.165) is 11.4 Å². The number of hydrogen-bond donors (Lipinski definition) is 0. The molecule has 0 aliphatic carbocycles. The molecule has 0 aliphatic rings. The first-order valence-electron chi connectivity index (χ1n) is 4.06. The molecule has 1 aromatic rings. The quantitative estimate of drug-likeness (QED) is 0.512. The molecule has 0 aromatic heterocycles. The molecule has 1 aromatic carbocycles. The molecule has 2 heteroatoms. The van der Waals surface area contributed by atoms with Gasteiger partial charge in [-0.2, -0.15) is 0 Å². The monoisotopic (exact) mass is 206 g/mol. The van der Waals surface area contributed by atoms with Crippen molar-refractivity contribution in [2.24, 2.45) is 0 Å². The molecule has 0 amide bonds. The maximum atomic E-state index is 5.76. The van der Waals surface area contributed by atoms with Crippen LogP contribution in [0.2, 0.25) is 5.02 Å². The number of halogens is 1. The molecule has 0 radical (unpaired) electrons. The molecule has 0 spiro atoms. The Labute approximate surface area is 104 Å². The van der Waals surface area contributed by atoms with Gasteiger partial charge in [-0.25, -0.2) is 0 Å². The second kappa shape index (κ2) is 6.47. The van der Waals surface area contributed by atoms with E-state index in [4.69, 9.17) is 11.6 Å². The summed E-state index contributed by atoms with van der Waals surface area (Å²) in [5, 5.41) is 0.802. The summed E-state index contributed by atoms with van der Waals surface area (Å²) in [5.41, 5.74) is 2.66. The van der Waals surface area contributed by atoms with Crippen molar-refractivity contribution in [2.75, 3.05) is 0 Å². The van der Waals surface area contributed by atoms with Crippen LogP contribution in [0.15, 0.2) is 35.9 Å². The maximum Gasteiger partial charge on any atom is 2.00 e. The van der Waals surface area contributed by atoms with Gasteiger partial charge in [0, 0.05) is 5.02 Å². The van der Waals surface area contributed by atoms with E-state index >= 15 is 0 Å². The summed E-state index contributed by atoms with van der Waals surface area (Å²) in [4.78, 5) is 0. The van der Waals surface area contributed by atoms with E-state index in [-0.39, 0.29) is 25.9 Å². The summed E-state index contributed by atoms with van der Waals surface area (Å²) in [5.74, 6) is 0. The van der Waals surface area contributed by atoms with Crippen molar-refractivity contribution in [3.05, 3.63) is 46.5 Å². The zero-order valence-corrected chi connectivity index (χ0v) is 10.3. The topological polar surface area (TPSA) is 0 Å². The van der Waals surface area contributed by atoms with Crippen LogP contribution in [0.4, 0.5) is 0 Å². The van der Waals surface area contributed by atoms with Gasteiger partial charge in [0.25, 0.3) is 0 Å². The standard InChI is InChI=1S/C11H13Cl.Mg.2H/c1-9(2)3-4-10-5-7-11(12)8-6-10;;;/h3,5-8H,4H2,1-2H3;;;/q;+2;2*-1. The van der Waals surface area contributed by atoms with E-state index < -0.39 is 0 Å². The summed E-state index contributed by atoms with van der Waals surface area (Å²) in [7, 11) is 0. The SMILES string of the molecule is CC(C)=CCc1ccc(Cl)cc1.[H-].[H-].[Mg+2]. The Morgan fingerprint density at radius 2 is 1.85 bits per heavy atom. The van der Waals surface area contributed by atoms with Crippen LogP contribution in [0, 0.1) is 0 Å². The van der Waals surface area contributed by atoms with E-state index in [9.17, 15) is 0 Å². The molecule has 0 heterocycles. The summed E-state index contributed by atoms with van der Waals surface area (Å²) in [6.07, 6.45) is 3.21. The molecule has 1 rings (SSSR count). The van der Waals surface area contributed by atoms with Gasteiger partial charge in [-0.05, 0) is 38.0 Å². The minimum Gasteiger partial charge on any atom is -1.00 e. The number of allylic oxidation sites excluding steroid dienone is 2. The Bertz CT molecular complexity index is 279. The Kier molecular flexibility index (Phi) is 6.48. The van der Waals surface area contributed by atoms with Gasteiger partial charge in [0.1, 0.15) is 0 Å². The molecule has 0 atom stereocenters. The van der Waals surface area contributed by atoms with Gasteiger partial charge in [-0.1, -0.05) is 35.4 Å². The third-order valence-electron chi connectivity index (χ3n) is 1.66. The number of hydrogen-bond acceptors (Lipinski definition) is 0. The normalized spacial score (nSPS) is 8.85. The van der Waals surface area contributed by atoms with Crippen molar-refractivity contribution in [3.8, 4) is 0 Å². The van der Waals surface area contributed by atoms with Crippen LogP contribution in [0.1, 0.15) is 22.3 Å². The van der Waals surface area contributed by atoms with Crippen LogP contribution < -0.4 is 0 Å². The Hall–Kier alpha value is 0.0162. The second-order valence-electron chi connectivity index (χ2n) is 3.11. The van der Waals surface area contributed by atoms with Crippen LogP contribution in [0.5, 0.6) is 0 Å². The van der Waals surface area contributed by atoms with Gasteiger partial charge in [0.05, 0.1) is 0 Å². The van der Waals surface area contributed by atoms with Gasteiger partial charge >= 0.3 is 23.1 Å². The van der Waals surface area contributed by atoms with Crippen LogP contribution in [-0.2, 0) is 6.42 Å². The molecular weight excluding hydrogens is 192 g/mol. The minimum atomic E-state index is 0. The summed E-state index contributed by atoms with van der Waals surface area (Å²) < 4.78 is 0. The van der Waals surface area contributed by atoms with Crippen molar-refractivity contribution in [2.45, 2.75) is 20.3 Å². The fraction of sp³-hybridized carbons (Fsp3) is 0.273. The van der Waals surface area contributed by atoms with Crippen LogP contribution in [-0.4, -0.2) is 23.1 Å². The van der Waals surface area contributed by atoms with Gasteiger partial charge < -0.3 is 2.85 Å². The van der Waals surface area contributed by atoms with Crippen molar-refractivity contribution in [1.29, 1.82) is 0 Å². The fourth-order valence-electron chi connectivity index (χ4n) is 0.942. The summed E-state index contributed by atoms with van der Waals surface area (Å²) in [6, 6.07) is 7.97. The van der Waals surface area contributed by atoms with Crippen molar-refractivity contribution in [1.82, 2.24) is 0 Å². The van der Waals surface area contributed by atoms with Crippen molar-refractivity contribution >= 4 is 34.7 Å². The second-order valence-corrected chi connectivity index (χ2v) is 3.55. The predicted octanol–water partition coefficient (Wildman–Crippen LogP) is 3.69. The molecule has 0 fully saturated rings. The van der Waals surface area contributed by atoms with Gasteiger partial charge in [0.15, 0.2) is 0 Å². The molecule has 0 N–H and O–H groups in total. The summed E-state index contributed by atoms with van der Waals surface area (Å²) >= 11 is 5.76. The van der Waals surface area contributed by atoms with Crippen molar-refractivity contribution in [3.63, 3.8) is 0 Å². The average molecular weight is 207 g/mol. The van der Waals surface area contributed by atoms with E-state index in [2.05, 4.69) is 32.1 Å². The van der Waals surface area contributed by atoms with E-state index in [1.807, 2.05) is 12.1 Å². The average Bonchev–Trinajstić information content (AvgIpc) is 2.03. The van der Waals surface area contributed by atoms with Crippen LogP contribution >= 0.6 is 11.6 Å². The zero-order valence-electron chi connectivity index (χ0n) is 10.2. The molecule has 0 aliphatic heterocycles. The predicted molar refractivity (Wildman–Crippen MR) is 62.6 cm³/mol. The van der Waals surface area contributed by atoms with Gasteiger partial charge in [-0.3, -0.25) is 0 Å². The maximum absolute atomic E-state index is 5.76. The number of benzene rings is 1. The number of rotatable bonds is 2.